The summed E-state index contributed by atoms with van der Waals surface area (Å²) in [5, 5.41) is 11.7. The molecule has 34 heavy (non-hydrogen) atoms. The number of hydrogen-bond acceptors (Lipinski definition) is 8. The second-order valence-corrected chi connectivity index (χ2v) is 11.8. The van der Waals surface area contributed by atoms with Gasteiger partial charge >= 0.3 is 11.9 Å². The number of aliphatic hydroxyl groups is 1. The molecule has 0 amide bonds. The van der Waals surface area contributed by atoms with Crippen molar-refractivity contribution >= 4 is 29.3 Å². The van der Waals surface area contributed by atoms with E-state index in [1.54, 1.807) is 20.8 Å². The largest absolute Gasteiger partial charge is 0.468 e. The van der Waals surface area contributed by atoms with Crippen LogP contribution in [-0.4, -0.2) is 53.7 Å². The highest BCUT2D eigenvalue weighted by atomic mass is 16.6. The van der Waals surface area contributed by atoms with Gasteiger partial charge in [0.2, 0.25) is 0 Å². The van der Waals surface area contributed by atoms with Crippen LogP contribution in [0.25, 0.3) is 0 Å². The van der Waals surface area contributed by atoms with Crippen molar-refractivity contribution in [2.24, 2.45) is 38.9 Å². The van der Waals surface area contributed by atoms with Gasteiger partial charge in [0.15, 0.2) is 23.1 Å². The molecule has 8 unspecified atom stereocenters. The molecule has 1 saturated heterocycles. The molecule has 3 aliphatic carbocycles. The first kappa shape index (κ1) is 24.8. The van der Waals surface area contributed by atoms with E-state index in [9.17, 15) is 29.1 Å². The molecular formula is C26H34O8. The fraction of sp³-hybridized carbons (Fsp3) is 0.731. The Bertz CT molecular complexity index is 1060. The van der Waals surface area contributed by atoms with Crippen molar-refractivity contribution in [1.82, 2.24) is 0 Å². The first-order valence-corrected chi connectivity index (χ1v) is 11.8. The number of Topliss-reactive ketones (excluding diaryl/α,β-unsaturated/α-hetero) is 3. The van der Waals surface area contributed by atoms with Crippen molar-refractivity contribution in [2.75, 3.05) is 7.11 Å². The summed E-state index contributed by atoms with van der Waals surface area (Å²) in [6, 6.07) is 0. The van der Waals surface area contributed by atoms with Crippen LogP contribution in [0.2, 0.25) is 0 Å². The maximum absolute atomic E-state index is 14.0. The Kier molecular flexibility index (Phi) is 5.00. The number of rotatable bonds is 1. The summed E-state index contributed by atoms with van der Waals surface area (Å²) in [6.45, 7) is 13.8. The summed E-state index contributed by atoms with van der Waals surface area (Å²) in [4.78, 5) is 68.0. The van der Waals surface area contributed by atoms with E-state index < -0.39 is 74.6 Å². The molecule has 3 saturated carbocycles. The molecule has 4 aliphatic rings. The third kappa shape index (κ3) is 2.27. The third-order valence-corrected chi connectivity index (χ3v) is 10.3. The lowest BCUT2D eigenvalue weighted by atomic mass is 9.30. The molecular weight excluding hydrogens is 440 g/mol. The minimum Gasteiger partial charge on any atom is -0.468 e. The molecule has 4 rings (SSSR count). The minimum absolute atomic E-state index is 0.0628. The lowest BCUT2D eigenvalue weighted by Gasteiger charge is -2.71. The molecule has 0 aromatic heterocycles. The first-order valence-electron chi connectivity index (χ1n) is 11.8. The number of fused-ring (bicyclic) bond motifs is 5. The summed E-state index contributed by atoms with van der Waals surface area (Å²) in [7, 11) is 1.12. The van der Waals surface area contributed by atoms with Crippen LogP contribution < -0.4 is 0 Å². The van der Waals surface area contributed by atoms with Gasteiger partial charge in [0.1, 0.15) is 17.3 Å². The molecule has 8 nitrogen and oxygen atoms in total. The van der Waals surface area contributed by atoms with Crippen molar-refractivity contribution in [3.63, 3.8) is 0 Å². The van der Waals surface area contributed by atoms with Gasteiger partial charge in [-0.3, -0.25) is 24.0 Å². The van der Waals surface area contributed by atoms with Crippen LogP contribution >= 0.6 is 0 Å². The quantitative estimate of drug-likeness (QED) is 0.348. The van der Waals surface area contributed by atoms with E-state index in [0.717, 1.165) is 7.11 Å². The number of esters is 2. The maximum atomic E-state index is 14.0. The van der Waals surface area contributed by atoms with Gasteiger partial charge in [0, 0.05) is 23.2 Å². The van der Waals surface area contributed by atoms with Gasteiger partial charge in [0.25, 0.3) is 0 Å². The summed E-state index contributed by atoms with van der Waals surface area (Å²) in [6.07, 6.45) is -2.29. The number of methoxy groups -OCH3 is 1. The van der Waals surface area contributed by atoms with Gasteiger partial charge in [-0.2, -0.15) is 0 Å². The zero-order chi connectivity index (χ0) is 25.8. The average molecular weight is 475 g/mol. The SMILES string of the molecule is C=C1CC2C3(C)CCC(=O)C(C)(C)C3C(=O)C(O)C2(C)C2(C(=O)OC)C(=O)C(C)OC(=O)C12C. The summed E-state index contributed by atoms with van der Waals surface area (Å²) in [5.74, 6) is -4.58. The van der Waals surface area contributed by atoms with Gasteiger partial charge in [-0.25, -0.2) is 0 Å². The van der Waals surface area contributed by atoms with Crippen LogP contribution in [0.15, 0.2) is 12.2 Å². The van der Waals surface area contributed by atoms with E-state index in [0.29, 0.717) is 12.0 Å². The lowest BCUT2D eigenvalue weighted by molar-refractivity contribution is -0.255. The van der Waals surface area contributed by atoms with Crippen LogP contribution in [0.1, 0.15) is 60.8 Å². The highest BCUT2D eigenvalue weighted by molar-refractivity contribution is 6.16. The molecule has 0 aromatic carbocycles. The van der Waals surface area contributed by atoms with Gasteiger partial charge in [0.05, 0.1) is 7.11 Å². The predicted molar refractivity (Wildman–Crippen MR) is 119 cm³/mol. The topological polar surface area (TPSA) is 124 Å². The van der Waals surface area contributed by atoms with E-state index in [1.165, 1.54) is 13.8 Å². The van der Waals surface area contributed by atoms with Crippen molar-refractivity contribution in [1.29, 1.82) is 0 Å². The van der Waals surface area contributed by atoms with Crippen LogP contribution in [0.4, 0.5) is 0 Å². The van der Waals surface area contributed by atoms with Crippen LogP contribution in [0.3, 0.4) is 0 Å². The number of carbonyl (C=O) groups is 5. The van der Waals surface area contributed by atoms with Crippen molar-refractivity contribution in [3.8, 4) is 0 Å². The molecule has 8 atom stereocenters. The van der Waals surface area contributed by atoms with Crippen LogP contribution in [-0.2, 0) is 33.4 Å². The van der Waals surface area contributed by atoms with Crippen molar-refractivity contribution in [3.05, 3.63) is 12.2 Å². The number of aliphatic hydroxyl groups excluding tert-OH is 1. The molecule has 1 N–H and O–H groups in total. The van der Waals surface area contributed by atoms with Gasteiger partial charge in [-0.05, 0) is 38.0 Å². The third-order valence-electron chi connectivity index (χ3n) is 10.3. The van der Waals surface area contributed by atoms with Gasteiger partial charge in [-0.1, -0.05) is 39.8 Å². The molecule has 8 heteroatoms. The zero-order valence-corrected chi connectivity index (χ0v) is 20.9. The Morgan fingerprint density at radius 1 is 1.12 bits per heavy atom. The fourth-order valence-electron chi connectivity index (χ4n) is 8.51. The summed E-state index contributed by atoms with van der Waals surface area (Å²) >= 11 is 0. The lowest BCUT2D eigenvalue weighted by Crippen LogP contribution is -2.80. The molecule has 0 aromatic rings. The molecule has 0 radical (unpaired) electrons. The zero-order valence-electron chi connectivity index (χ0n) is 20.9. The summed E-state index contributed by atoms with van der Waals surface area (Å²) in [5.41, 5.74) is -7.30. The van der Waals surface area contributed by atoms with Crippen molar-refractivity contribution < 1.29 is 38.6 Å². The Labute approximate surface area is 199 Å². The number of ketones is 3. The molecule has 1 heterocycles. The van der Waals surface area contributed by atoms with E-state index in [2.05, 4.69) is 6.58 Å². The smallest absolute Gasteiger partial charge is 0.321 e. The highest BCUT2D eigenvalue weighted by Crippen LogP contribution is 2.75. The van der Waals surface area contributed by atoms with Crippen LogP contribution in [0.5, 0.6) is 0 Å². The van der Waals surface area contributed by atoms with E-state index >= 15 is 0 Å². The monoisotopic (exact) mass is 474 g/mol. The normalized spacial score (nSPS) is 47.8. The predicted octanol–water partition coefficient (Wildman–Crippen LogP) is 2.20. The Balaban J connectivity index is 2.11. The average Bonchev–Trinajstić information content (AvgIpc) is 2.76. The van der Waals surface area contributed by atoms with E-state index in [4.69, 9.17) is 9.47 Å². The van der Waals surface area contributed by atoms with Gasteiger partial charge < -0.3 is 14.6 Å². The maximum Gasteiger partial charge on any atom is 0.321 e. The number of carbonyl (C=O) groups excluding carboxylic acids is 5. The molecule has 1 aliphatic heterocycles. The van der Waals surface area contributed by atoms with Gasteiger partial charge in [-0.15, -0.1) is 0 Å². The van der Waals surface area contributed by atoms with E-state index in [1.807, 2.05) is 6.92 Å². The highest BCUT2D eigenvalue weighted by Gasteiger charge is 2.85. The first-order chi connectivity index (χ1) is 15.5. The Morgan fingerprint density at radius 2 is 1.71 bits per heavy atom. The minimum atomic E-state index is -2.22. The fourth-order valence-corrected chi connectivity index (χ4v) is 8.51. The second kappa shape index (κ2) is 6.86. The number of cyclic esters (lactones) is 1. The van der Waals surface area contributed by atoms with Crippen LogP contribution in [0, 0.1) is 38.9 Å². The Morgan fingerprint density at radius 3 is 2.26 bits per heavy atom. The van der Waals surface area contributed by atoms with Crippen molar-refractivity contribution in [2.45, 2.75) is 73.0 Å². The second-order valence-electron chi connectivity index (χ2n) is 11.8. The number of ether oxygens (including phenoxy) is 2. The van der Waals surface area contributed by atoms with E-state index in [-0.39, 0.29) is 18.6 Å². The number of hydrogen-bond donors (Lipinski definition) is 1. The molecule has 0 spiro atoms. The molecule has 186 valence electrons. The summed E-state index contributed by atoms with van der Waals surface area (Å²) < 4.78 is 10.5. The standard InChI is InChI=1S/C26H34O8/c1-12-11-14-23(5)10-9-15(27)22(3,4)17(23)16(28)19(30)25(14,7)26(21(32)33-8)18(29)13(2)34-20(31)24(12,26)6/h13-14,17,19,30H,1,9-11H2,2-8H3. The molecule has 0 bridgehead atoms. The Hall–Kier alpha value is -2.35. The molecule has 4 fully saturated rings.